The Kier molecular flexibility index (Phi) is 5.20. The van der Waals surface area contributed by atoms with E-state index in [0.717, 1.165) is 28.9 Å². The normalized spacial score (nSPS) is 12.4. The van der Waals surface area contributed by atoms with E-state index in [-0.39, 0.29) is 6.04 Å². The van der Waals surface area contributed by atoms with Crippen LogP contribution in [0.3, 0.4) is 0 Å². The second-order valence-electron chi connectivity index (χ2n) is 5.00. The van der Waals surface area contributed by atoms with E-state index in [1.54, 1.807) is 6.20 Å². The lowest BCUT2D eigenvalue weighted by Crippen LogP contribution is -2.17. The molecule has 0 fully saturated rings. The average molecular weight is 338 g/mol. The highest BCUT2D eigenvalue weighted by atomic mass is 79.9. The molecule has 2 N–H and O–H groups in total. The molecule has 0 aliphatic heterocycles. The van der Waals surface area contributed by atoms with E-state index >= 15 is 0 Å². The summed E-state index contributed by atoms with van der Waals surface area (Å²) in [5, 5.41) is 0. The van der Waals surface area contributed by atoms with Crippen LogP contribution >= 0.6 is 15.9 Å². The van der Waals surface area contributed by atoms with E-state index in [2.05, 4.69) is 33.0 Å². The molecule has 0 radical (unpaired) electrons. The highest BCUT2D eigenvalue weighted by molar-refractivity contribution is 9.10. The van der Waals surface area contributed by atoms with E-state index in [1.165, 1.54) is 5.56 Å². The Morgan fingerprint density at radius 3 is 2.85 bits per heavy atom. The molecule has 20 heavy (non-hydrogen) atoms. The first kappa shape index (κ1) is 15.1. The van der Waals surface area contributed by atoms with E-state index < -0.39 is 0 Å². The average Bonchev–Trinajstić information content (AvgIpc) is 2.77. The van der Waals surface area contributed by atoms with Crippen LogP contribution in [-0.2, 0) is 19.9 Å². The maximum Gasteiger partial charge on any atom is 0.133 e. The largest absolute Gasteiger partial charge is 0.492 e. The number of rotatable bonds is 6. The predicted octanol–water partition coefficient (Wildman–Crippen LogP) is 2.69. The van der Waals surface area contributed by atoms with E-state index in [0.29, 0.717) is 6.61 Å². The summed E-state index contributed by atoms with van der Waals surface area (Å²) in [4.78, 5) is 4.27. The molecule has 0 saturated carbocycles. The Morgan fingerprint density at radius 1 is 1.45 bits per heavy atom. The Bertz CT molecular complexity index is 566. The molecule has 108 valence electrons. The highest BCUT2D eigenvalue weighted by Crippen LogP contribution is 2.26. The van der Waals surface area contributed by atoms with Gasteiger partial charge in [-0.1, -0.05) is 6.07 Å². The summed E-state index contributed by atoms with van der Waals surface area (Å²) in [7, 11) is 1.99. The third-order valence-corrected chi connectivity index (χ3v) is 3.68. The molecule has 0 amide bonds. The number of ether oxygens (including phenoxy) is 1. The SMILES string of the molecule is CC(N)Cc1ccc(OCCc2nccn2C)c(Br)c1. The van der Waals surface area contributed by atoms with Gasteiger partial charge in [0.05, 0.1) is 11.1 Å². The second-order valence-corrected chi connectivity index (χ2v) is 5.85. The fraction of sp³-hybridized carbons (Fsp3) is 0.400. The molecule has 0 aliphatic rings. The molecule has 2 rings (SSSR count). The van der Waals surface area contributed by atoms with Crippen molar-refractivity contribution >= 4 is 15.9 Å². The zero-order valence-electron chi connectivity index (χ0n) is 11.8. The Balaban J connectivity index is 1.91. The van der Waals surface area contributed by atoms with Gasteiger partial charge in [0.15, 0.2) is 0 Å². The first-order valence-electron chi connectivity index (χ1n) is 6.69. The minimum atomic E-state index is 0.164. The number of hydrogen-bond donors (Lipinski definition) is 1. The first-order chi connectivity index (χ1) is 9.56. The molecule has 4 nitrogen and oxygen atoms in total. The van der Waals surface area contributed by atoms with Gasteiger partial charge in [-0.3, -0.25) is 0 Å². The van der Waals surface area contributed by atoms with Crippen molar-refractivity contribution in [3.05, 3.63) is 46.5 Å². The van der Waals surface area contributed by atoms with Crippen LogP contribution in [0.4, 0.5) is 0 Å². The van der Waals surface area contributed by atoms with Crippen molar-refractivity contribution in [2.24, 2.45) is 12.8 Å². The number of imidazole rings is 1. The lowest BCUT2D eigenvalue weighted by atomic mass is 10.1. The van der Waals surface area contributed by atoms with Crippen molar-refractivity contribution in [2.75, 3.05) is 6.61 Å². The summed E-state index contributed by atoms with van der Waals surface area (Å²) in [6, 6.07) is 6.28. The van der Waals surface area contributed by atoms with Gasteiger partial charge in [0, 0.05) is 31.9 Å². The Labute approximate surface area is 128 Å². The Morgan fingerprint density at radius 2 is 2.25 bits per heavy atom. The molecule has 1 unspecified atom stereocenters. The maximum atomic E-state index is 5.81. The standard InChI is InChI=1S/C15H20BrN3O/c1-11(17)9-12-3-4-14(13(16)10-12)20-8-5-15-18-6-7-19(15)2/h3-4,6-7,10-11H,5,8-9,17H2,1-2H3. The van der Waals surface area contributed by atoms with Crippen LogP contribution in [0.1, 0.15) is 18.3 Å². The molecule has 0 aliphatic carbocycles. The van der Waals surface area contributed by atoms with Gasteiger partial charge in [0.25, 0.3) is 0 Å². The third kappa shape index (κ3) is 4.08. The van der Waals surface area contributed by atoms with Crippen LogP contribution in [0.25, 0.3) is 0 Å². The van der Waals surface area contributed by atoms with Gasteiger partial charge in [-0.15, -0.1) is 0 Å². The lowest BCUT2D eigenvalue weighted by Gasteiger charge is -2.11. The molecule has 0 bridgehead atoms. The zero-order valence-corrected chi connectivity index (χ0v) is 13.4. The second kappa shape index (κ2) is 6.90. The monoisotopic (exact) mass is 337 g/mol. The summed E-state index contributed by atoms with van der Waals surface area (Å²) in [5.41, 5.74) is 7.02. The van der Waals surface area contributed by atoms with Crippen LogP contribution in [0.2, 0.25) is 0 Å². The van der Waals surface area contributed by atoms with Gasteiger partial charge in [-0.05, 0) is 47.0 Å². The minimum absolute atomic E-state index is 0.164. The molecule has 1 aromatic heterocycles. The van der Waals surface area contributed by atoms with Crippen molar-refractivity contribution in [1.82, 2.24) is 9.55 Å². The van der Waals surface area contributed by atoms with Gasteiger partial charge in [-0.25, -0.2) is 4.98 Å². The molecule has 5 heteroatoms. The van der Waals surface area contributed by atoms with Crippen molar-refractivity contribution in [3.8, 4) is 5.75 Å². The molecule has 1 heterocycles. The number of nitrogens with two attached hydrogens (primary N) is 1. The molecule has 1 aromatic carbocycles. The van der Waals surface area contributed by atoms with E-state index in [1.807, 2.05) is 30.8 Å². The number of aromatic nitrogens is 2. The fourth-order valence-electron chi connectivity index (χ4n) is 2.05. The number of halogens is 1. The zero-order chi connectivity index (χ0) is 14.5. The molecule has 1 atom stereocenters. The van der Waals surface area contributed by atoms with Gasteiger partial charge in [-0.2, -0.15) is 0 Å². The van der Waals surface area contributed by atoms with Crippen molar-refractivity contribution < 1.29 is 4.74 Å². The molecule has 2 aromatic rings. The van der Waals surface area contributed by atoms with Crippen LogP contribution in [0.5, 0.6) is 5.75 Å². The van der Waals surface area contributed by atoms with Gasteiger partial charge < -0.3 is 15.0 Å². The molecule has 0 saturated heterocycles. The van der Waals surface area contributed by atoms with E-state index in [9.17, 15) is 0 Å². The summed E-state index contributed by atoms with van der Waals surface area (Å²) in [6.07, 6.45) is 5.39. The minimum Gasteiger partial charge on any atom is -0.492 e. The Hall–Kier alpha value is -1.33. The molecular weight excluding hydrogens is 318 g/mol. The molecule has 0 spiro atoms. The number of benzene rings is 1. The smallest absolute Gasteiger partial charge is 0.133 e. The summed E-state index contributed by atoms with van der Waals surface area (Å²) in [6.45, 7) is 2.61. The first-order valence-corrected chi connectivity index (χ1v) is 7.48. The van der Waals surface area contributed by atoms with Gasteiger partial charge in [0.2, 0.25) is 0 Å². The quantitative estimate of drug-likeness (QED) is 0.881. The van der Waals surface area contributed by atoms with Crippen molar-refractivity contribution in [1.29, 1.82) is 0 Å². The number of nitrogens with zero attached hydrogens (tertiary/aromatic N) is 2. The van der Waals surface area contributed by atoms with Crippen molar-refractivity contribution in [2.45, 2.75) is 25.8 Å². The maximum absolute atomic E-state index is 5.81. The third-order valence-electron chi connectivity index (χ3n) is 3.06. The summed E-state index contributed by atoms with van der Waals surface area (Å²) < 4.78 is 8.77. The number of hydrogen-bond acceptors (Lipinski definition) is 3. The van der Waals surface area contributed by atoms with Gasteiger partial charge in [0.1, 0.15) is 11.6 Å². The fourth-order valence-corrected chi connectivity index (χ4v) is 2.59. The topological polar surface area (TPSA) is 53.1 Å². The van der Waals surface area contributed by atoms with Crippen LogP contribution in [0, 0.1) is 0 Å². The summed E-state index contributed by atoms with van der Waals surface area (Å²) >= 11 is 3.54. The highest BCUT2D eigenvalue weighted by Gasteiger charge is 2.05. The molecular formula is C15H20BrN3O. The van der Waals surface area contributed by atoms with Crippen LogP contribution < -0.4 is 10.5 Å². The summed E-state index contributed by atoms with van der Waals surface area (Å²) in [5.74, 6) is 1.88. The predicted molar refractivity (Wildman–Crippen MR) is 83.9 cm³/mol. The van der Waals surface area contributed by atoms with Gasteiger partial charge >= 0.3 is 0 Å². The lowest BCUT2D eigenvalue weighted by molar-refractivity contribution is 0.315. The van der Waals surface area contributed by atoms with Crippen molar-refractivity contribution in [3.63, 3.8) is 0 Å². The van der Waals surface area contributed by atoms with Crippen LogP contribution in [-0.4, -0.2) is 22.2 Å². The number of aryl methyl sites for hydroxylation is 1. The van der Waals surface area contributed by atoms with E-state index in [4.69, 9.17) is 10.5 Å². The van der Waals surface area contributed by atoms with Crippen LogP contribution in [0.15, 0.2) is 35.1 Å².